The topological polar surface area (TPSA) is 134 Å². The van der Waals surface area contributed by atoms with Gasteiger partial charge in [0.05, 0.1) is 13.2 Å². The molecule has 0 rings (SSSR count). The zero-order valence-electron chi connectivity index (χ0n) is 50.1. The SMILES string of the molecule is CC/C=C\C/C=C\C/C=C\C/C=C\C/C=C\C/C=C\C/C=C\C/C=C\CCCCCCCCCCCCCCCCC(=O)OC(COC(=O)CCCCCCCCC/C=C\CCCCCCCCC)COP(=O)(O)OCCN. The van der Waals surface area contributed by atoms with Gasteiger partial charge >= 0.3 is 19.8 Å². The van der Waals surface area contributed by atoms with Crippen molar-refractivity contribution < 1.29 is 37.6 Å². The van der Waals surface area contributed by atoms with Gasteiger partial charge in [0.25, 0.3) is 0 Å². The molecular weight excluding hydrogens is 990 g/mol. The second-order valence-electron chi connectivity index (χ2n) is 20.9. The lowest BCUT2D eigenvalue weighted by Gasteiger charge is -2.19. The summed E-state index contributed by atoms with van der Waals surface area (Å²) in [6.45, 7) is 3.64. The summed E-state index contributed by atoms with van der Waals surface area (Å²) in [6, 6.07) is 0. The van der Waals surface area contributed by atoms with Crippen LogP contribution in [0.25, 0.3) is 0 Å². The van der Waals surface area contributed by atoms with Gasteiger partial charge in [0, 0.05) is 19.4 Å². The van der Waals surface area contributed by atoms with Crippen molar-refractivity contribution in [2.45, 2.75) is 283 Å². The van der Waals surface area contributed by atoms with Gasteiger partial charge in [0.1, 0.15) is 6.61 Å². The highest BCUT2D eigenvalue weighted by atomic mass is 31.2. The fourth-order valence-corrected chi connectivity index (χ4v) is 9.47. The van der Waals surface area contributed by atoms with E-state index in [0.29, 0.717) is 6.42 Å². The van der Waals surface area contributed by atoms with Crippen LogP contribution in [0, 0.1) is 0 Å². The molecule has 0 fully saturated rings. The maximum Gasteiger partial charge on any atom is 0.472 e. The van der Waals surface area contributed by atoms with E-state index >= 15 is 0 Å². The number of carbonyl (C=O) groups is 2. The first-order valence-corrected chi connectivity index (χ1v) is 33.4. The molecule has 9 nitrogen and oxygen atoms in total. The van der Waals surface area contributed by atoms with E-state index in [0.717, 1.165) is 103 Å². The zero-order chi connectivity index (χ0) is 56.6. The lowest BCUT2D eigenvalue weighted by molar-refractivity contribution is -0.161. The Labute approximate surface area is 479 Å². The zero-order valence-corrected chi connectivity index (χ0v) is 51.0. The minimum atomic E-state index is -4.39. The van der Waals surface area contributed by atoms with Crippen molar-refractivity contribution in [2.24, 2.45) is 5.73 Å². The molecule has 10 heteroatoms. The smallest absolute Gasteiger partial charge is 0.462 e. The van der Waals surface area contributed by atoms with E-state index in [1.165, 1.54) is 141 Å². The summed E-state index contributed by atoms with van der Waals surface area (Å²) in [6.07, 6.45) is 85.9. The van der Waals surface area contributed by atoms with Gasteiger partial charge in [-0.15, -0.1) is 0 Å². The average molecular weight is 1110 g/mol. The molecule has 0 bridgehead atoms. The van der Waals surface area contributed by atoms with Crippen LogP contribution in [0.5, 0.6) is 0 Å². The molecule has 0 aliphatic heterocycles. The molecule has 0 saturated heterocycles. The molecule has 0 amide bonds. The number of nitrogens with two attached hydrogens (primary N) is 1. The third kappa shape index (κ3) is 61.9. The quantitative estimate of drug-likeness (QED) is 0.0264. The molecule has 3 N–H and O–H groups in total. The van der Waals surface area contributed by atoms with E-state index in [-0.39, 0.29) is 38.6 Å². The van der Waals surface area contributed by atoms with Gasteiger partial charge in [-0.05, 0) is 103 Å². The molecular formula is C68H118NO8P. The van der Waals surface area contributed by atoms with Crippen molar-refractivity contribution in [3.05, 3.63) is 109 Å². The Balaban J connectivity index is 3.90. The van der Waals surface area contributed by atoms with Crippen LogP contribution in [0.15, 0.2) is 109 Å². The van der Waals surface area contributed by atoms with E-state index in [9.17, 15) is 19.0 Å². The Hall–Kier alpha value is -3.33. The number of esters is 2. The highest BCUT2D eigenvalue weighted by Gasteiger charge is 2.26. The molecule has 2 atom stereocenters. The number of rotatable bonds is 59. The number of hydrogen-bond donors (Lipinski definition) is 2. The number of carbonyl (C=O) groups excluding carboxylic acids is 2. The van der Waals surface area contributed by atoms with Gasteiger partial charge < -0.3 is 20.1 Å². The van der Waals surface area contributed by atoms with Gasteiger partial charge in [-0.3, -0.25) is 18.6 Å². The standard InChI is InChI=1S/C68H118NO8P/c1-3-5-7-9-11-13-15-17-19-21-23-24-25-26-27-28-29-30-31-32-33-34-35-36-37-38-39-40-41-42-43-45-47-49-51-53-55-57-59-61-68(71)77-66(65-76-78(72,73)75-63-62-69)64-74-67(70)60-58-56-54-52-50-48-46-44-22-20-18-16-14-12-10-8-6-4-2/h5,7,11,13,17,19-20,22-24,26-27,29-30,32-33,35-36,66H,3-4,6,8-10,12,14-16,18,21,25,28,31,34,37-65,69H2,1-2H3,(H,72,73)/b7-5-,13-11-,19-17-,22-20-,24-23-,27-26-,30-29-,33-32-,36-35-. The summed E-state index contributed by atoms with van der Waals surface area (Å²) in [5, 5.41) is 0. The van der Waals surface area contributed by atoms with E-state index < -0.39 is 26.5 Å². The molecule has 2 unspecified atom stereocenters. The molecule has 0 aromatic rings. The second-order valence-corrected chi connectivity index (χ2v) is 22.3. The van der Waals surface area contributed by atoms with Gasteiger partial charge in [0.2, 0.25) is 0 Å². The molecule has 0 aromatic heterocycles. The molecule has 0 heterocycles. The minimum Gasteiger partial charge on any atom is -0.462 e. The number of phosphoric ester groups is 1. The Morgan fingerprint density at radius 1 is 0.397 bits per heavy atom. The van der Waals surface area contributed by atoms with Gasteiger partial charge in [0.15, 0.2) is 6.10 Å². The Morgan fingerprint density at radius 3 is 1.06 bits per heavy atom. The molecule has 0 spiro atoms. The van der Waals surface area contributed by atoms with Crippen LogP contribution in [0.3, 0.4) is 0 Å². The summed E-state index contributed by atoms with van der Waals surface area (Å²) in [5.41, 5.74) is 5.39. The lowest BCUT2D eigenvalue weighted by atomic mass is 10.0. The number of hydrogen-bond acceptors (Lipinski definition) is 8. The van der Waals surface area contributed by atoms with Crippen LogP contribution >= 0.6 is 7.82 Å². The highest BCUT2D eigenvalue weighted by molar-refractivity contribution is 7.47. The predicted molar refractivity (Wildman–Crippen MR) is 335 cm³/mol. The van der Waals surface area contributed by atoms with Gasteiger partial charge in [-0.2, -0.15) is 0 Å². The Kier molecular flexibility index (Phi) is 60.2. The third-order valence-electron chi connectivity index (χ3n) is 13.4. The summed E-state index contributed by atoms with van der Waals surface area (Å²) < 4.78 is 33.1. The van der Waals surface area contributed by atoms with Crippen molar-refractivity contribution in [1.82, 2.24) is 0 Å². The fraction of sp³-hybridized carbons (Fsp3) is 0.706. The fourth-order valence-electron chi connectivity index (χ4n) is 8.71. The largest absolute Gasteiger partial charge is 0.472 e. The van der Waals surface area contributed by atoms with Gasteiger partial charge in [-0.25, -0.2) is 4.57 Å². The minimum absolute atomic E-state index is 0.0498. The molecule has 0 aliphatic carbocycles. The van der Waals surface area contributed by atoms with Crippen molar-refractivity contribution in [3.8, 4) is 0 Å². The maximum absolute atomic E-state index is 12.7. The molecule has 0 saturated carbocycles. The van der Waals surface area contributed by atoms with E-state index in [1.807, 2.05) is 0 Å². The molecule has 0 aliphatic rings. The molecule has 78 heavy (non-hydrogen) atoms. The number of allylic oxidation sites excluding steroid dienone is 18. The highest BCUT2D eigenvalue weighted by Crippen LogP contribution is 2.43. The molecule has 0 aromatic carbocycles. The third-order valence-corrected chi connectivity index (χ3v) is 14.4. The summed E-state index contributed by atoms with van der Waals surface area (Å²) >= 11 is 0. The Morgan fingerprint density at radius 2 is 0.705 bits per heavy atom. The first kappa shape index (κ1) is 74.7. The van der Waals surface area contributed by atoms with E-state index in [1.54, 1.807) is 0 Å². The van der Waals surface area contributed by atoms with Crippen molar-refractivity contribution in [3.63, 3.8) is 0 Å². The normalized spacial score (nSPS) is 13.7. The Bertz CT molecular complexity index is 1640. The van der Waals surface area contributed by atoms with Crippen LogP contribution in [0.2, 0.25) is 0 Å². The second kappa shape index (κ2) is 62.9. The summed E-state index contributed by atoms with van der Waals surface area (Å²) in [7, 11) is -4.39. The first-order valence-electron chi connectivity index (χ1n) is 31.9. The molecule has 448 valence electrons. The van der Waals surface area contributed by atoms with Crippen LogP contribution in [0.1, 0.15) is 277 Å². The van der Waals surface area contributed by atoms with Crippen LogP contribution < -0.4 is 5.73 Å². The van der Waals surface area contributed by atoms with Crippen molar-refractivity contribution in [1.29, 1.82) is 0 Å². The monoisotopic (exact) mass is 1110 g/mol. The van der Waals surface area contributed by atoms with E-state index in [4.69, 9.17) is 24.3 Å². The summed E-state index contributed by atoms with van der Waals surface area (Å²) in [5.74, 6) is -0.830. The average Bonchev–Trinajstić information content (AvgIpc) is 3.43. The van der Waals surface area contributed by atoms with Crippen LogP contribution in [0.4, 0.5) is 0 Å². The maximum atomic E-state index is 12.7. The van der Waals surface area contributed by atoms with Crippen LogP contribution in [-0.2, 0) is 32.7 Å². The number of ether oxygens (including phenoxy) is 2. The first-order chi connectivity index (χ1) is 38.3. The lowest BCUT2D eigenvalue weighted by Crippen LogP contribution is -2.29. The van der Waals surface area contributed by atoms with Gasteiger partial charge in [-0.1, -0.05) is 271 Å². The van der Waals surface area contributed by atoms with E-state index in [2.05, 4.69) is 123 Å². The van der Waals surface area contributed by atoms with Crippen molar-refractivity contribution in [2.75, 3.05) is 26.4 Å². The molecule has 0 radical (unpaired) electrons. The van der Waals surface area contributed by atoms with Crippen LogP contribution in [-0.4, -0.2) is 49.3 Å². The number of unbranched alkanes of at least 4 members (excludes halogenated alkanes) is 28. The predicted octanol–water partition coefficient (Wildman–Crippen LogP) is 20.6. The van der Waals surface area contributed by atoms with Crippen molar-refractivity contribution >= 4 is 19.8 Å². The summed E-state index contributed by atoms with van der Waals surface area (Å²) in [4.78, 5) is 35.2. The number of phosphoric acid groups is 1.